The fraction of sp³-hybridized carbons (Fsp3) is 0.190. The SMILES string of the molecule is CC(CC(=O)O)NC(=O)NSc1ccc(NC(=O)c2cc3c(Cl)c(Cl)ccc3n2C)cc1. The Morgan fingerprint density at radius 3 is 2.47 bits per heavy atom. The molecule has 2 aromatic carbocycles. The van der Waals surface area contributed by atoms with Crippen LogP contribution in [0, 0.1) is 0 Å². The molecule has 0 bridgehead atoms. The molecule has 11 heteroatoms. The van der Waals surface area contributed by atoms with E-state index in [2.05, 4.69) is 15.4 Å². The lowest BCUT2D eigenvalue weighted by Gasteiger charge is -2.12. The van der Waals surface area contributed by atoms with E-state index in [1.165, 1.54) is 0 Å². The molecule has 168 valence electrons. The van der Waals surface area contributed by atoms with Crippen LogP contribution in [0.5, 0.6) is 0 Å². The van der Waals surface area contributed by atoms with Crippen LogP contribution in [0.1, 0.15) is 23.8 Å². The lowest BCUT2D eigenvalue weighted by atomic mass is 10.2. The number of nitrogens with zero attached hydrogens (tertiary/aromatic N) is 1. The number of urea groups is 1. The smallest absolute Gasteiger partial charge is 0.325 e. The number of aromatic nitrogens is 1. The van der Waals surface area contributed by atoms with Gasteiger partial charge >= 0.3 is 12.0 Å². The number of rotatable bonds is 7. The molecule has 1 heterocycles. The topological polar surface area (TPSA) is 112 Å². The summed E-state index contributed by atoms with van der Waals surface area (Å²) in [4.78, 5) is 35.9. The van der Waals surface area contributed by atoms with Crippen LogP contribution in [0.2, 0.25) is 10.0 Å². The van der Waals surface area contributed by atoms with E-state index in [1.54, 1.807) is 61.0 Å². The van der Waals surface area contributed by atoms with Crippen molar-refractivity contribution in [1.82, 2.24) is 14.6 Å². The van der Waals surface area contributed by atoms with Crippen LogP contribution in [0.15, 0.2) is 47.4 Å². The highest BCUT2D eigenvalue weighted by molar-refractivity contribution is 7.98. The van der Waals surface area contributed by atoms with Gasteiger partial charge in [0.2, 0.25) is 0 Å². The van der Waals surface area contributed by atoms with Crippen molar-refractivity contribution in [1.29, 1.82) is 0 Å². The second kappa shape index (κ2) is 10.2. The maximum Gasteiger partial charge on any atom is 0.325 e. The van der Waals surface area contributed by atoms with Crippen LogP contribution in [0.3, 0.4) is 0 Å². The highest BCUT2D eigenvalue weighted by Crippen LogP contribution is 2.32. The Hall–Kier alpha value is -2.88. The molecule has 3 rings (SSSR count). The van der Waals surface area contributed by atoms with Crippen LogP contribution in [0.25, 0.3) is 10.9 Å². The van der Waals surface area contributed by atoms with Crippen molar-refractivity contribution in [3.63, 3.8) is 0 Å². The van der Waals surface area contributed by atoms with Gasteiger partial charge in [0.25, 0.3) is 5.91 Å². The number of hydrogen-bond acceptors (Lipinski definition) is 4. The summed E-state index contributed by atoms with van der Waals surface area (Å²) in [5, 5.41) is 15.6. The molecule has 4 N–H and O–H groups in total. The maximum absolute atomic E-state index is 12.8. The third-order valence-corrected chi connectivity index (χ3v) is 6.19. The van der Waals surface area contributed by atoms with E-state index in [-0.39, 0.29) is 12.3 Å². The van der Waals surface area contributed by atoms with Crippen molar-refractivity contribution in [2.24, 2.45) is 7.05 Å². The van der Waals surface area contributed by atoms with Gasteiger partial charge in [-0.1, -0.05) is 23.2 Å². The number of nitrogens with one attached hydrogen (secondary N) is 3. The molecule has 0 saturated carbocycles. The van der Waals surface area contributed by atoms with E-state index in [4.69, 9.17) is 28.3 Å². The Morgan fingerprint density at radius 1 is 1.12 bits per heavy atom. The van der Waals surface area contributed by atoms with Gasteiger partial charge in [-0.15, -0.1) is 0 Å². The van der Waals surface area contributed by atoms with E-state index in [9.17, 15) is 14.4 Å². The summed E-state index contributed by atoms with van der Waals surface area (Å²) in [6.45, 7) is 1.61. The molecule has 3 aromatic rings. The van der Waals surface area contributed by atoms with E-state index in [0.717, 1.165) is 22.4 Å². The first-order chi connectivity index (χ1) is 15.2. The number of halogens is 2. The zero-order chi connectivity index (χ0) is 23.4. The first-order valence-corrected chi connectivity index (χ1v) is 11.0. The summed E-state index contributed by atoms with van der Waals surface area (Å²) in [5.74, 6) is -1.29. The number of carboxylic acids is 1. The summed E-state index contributed by atoms with van der Waals surface area (Å²) >= 11 is 13.4. The molecule has 3 amide bonds. The molecule has 32 heavy (non-hydrogen) atoms. The van der Waals surface area contributed by atoms with Crippen molar-refractivity contribution in [3.8, 4) is 0 Å². The summed E-state index contributed by atoms with van der Waals surface area (Å²) < 4.78 is 4.32. The summed E-state index contributed by atoms with van der Waals surface area (Å²) in [6.07, 6.45) is -0.164. The molecule has 1 aromatic heterocycles. The number of benzene rings is 2. The van der Waals surface area contributed by atoms with Crippen molar-refractivity contribution in [2.75, 3.05) is 5.32 Å². The molecule has 0 radical (unpaired) electrons. The lowest BCUT2D eigenvalue weighted by Crippen LogP contribution is -2.38. The third-order valence-electron chi connectivity index (χ3n) is 4.58. The first kappa shape index (κ1) is 23.8. The fourth-order valence-corrected chi connectivity index (χ4v) is 3.96. The molecule has 1 atom stereocenters. The number of aryl methyl sites for hydroxylation is 1. The monoisotopic (exact) mass is 494 g/mol. The molecular formula is C21H20Cl2N4O4S. The molecule has 0 aliphatic carbocycles. The molecule has 0 aliphatic heterocycles. The predicted molar refractivity (Wildman–Crippen MR) is 127 cm³/mol. The summed E-state index contributed by atoms with van der Waals surface area (Å²) in [6, 6.07) is 11.1. The Morgan fingerprint density at radius 2 is 1.81 bits per heavy atom. The highest BCUT2D eigenvalue weighted by Gasteiger charge is 2.16. The normalized spacial score (nSPS) is 11.8. The third kappa shape index (κ3) is 5.67. The zero-order valence-electron chi connectivity index (χ0n) is 17.1. The highest BCUT2D eigenvalue weighted by atomic mass is 35.5. The summed E-state index contributed by atoms with van der Waals surface area (Å²) in [7, 11) is 1.77. The lowest BCUT2D eigenvalue weighted by molar-refractivity contribution is -0.137. The van der Waals surface area contributed by atoms with Crippen LogP contribution in [-0.2, 0) is 11.8 Å². The van der Waals surface area contributed by atoms with E-state index >= 15 is 0 Å². The molecule has 1 unspecified atom stereocenters. The minimum atomic E-state index is -0.988. The predicted octanol–water partition coefficient (Wildman–Crippen LogP) is 4.91. The number of hydrogen-bond donors (Lipinski definition) is 4. The minimum Gasteiger partial charge on any atom is -0.481 e. The Bertz CT molecular complexity index is 1180. The standard InChI is InChI=1S/C21H20Cl2N4O4S/c1-11(9-18(28)29)24-21(31)26-32-13-5-3-12(4-6-13)25-20(30)17-10-14-16(27(17)2)8-7-15(22)19(14)23/h3-8,10-11H,9H2,1-2H3,(H,25,30)(H,28,29)(H2,24,26,31). The van der Waals surface area contributed by atoms with Crippen molar-refractivity contribution in [3.05, 3.63) is 58.2 Å². The molecule has 0 saturated heterocycles. The van der Waals surface area contributed by atoms with Gasteiger partial charge in [-0.3, -0.25) is 14.3 Å². The van der Waals surface area contributed by atoms with Crippen molar-refractivity contribution < 1.29 is 19.5 Å². The van der Waals surface area contributed by atoms with Crippen LogP contribution >= 0.6 is 35.1 Å². The number of fused-ring (bicyclic) bond motifs is 1. The average Bonchev–Trinajstić information content (AvgIpc) is 3.07. The summed E-state index contributed by atoms with van der Waals surface area (Å²) in [5.41, 5.74) is 1.79. The second-order valence-corrected chi connectivity index (χ2v) is 8.70. The van der Waals surface area contributed by atoms with Crippen LogP contribution in [0.4, 0.5) is 10.5 Å². The Labute approximate surface area is 198 Å². The van der Waals surface area contributed by atoms with Gasteiger partial charge in [-0.25, -0.2) is 4.79 Å². The van der Waals surface area contributed by atoms with E-state index in [1.807, 2.05) is 0 Å². The minimum absolute atomic E-state index is 0.164. The number of anilines is 1. The number of aliphatic carboxylic acids is 1. The van der Waals surface area contributed by atoms with Gasteiger partial charge in [0.15, 0.2) is 0 Å². The Balaban J connectivity index is 1.60. The van der Waals surface area contributed by atoms with Gasteiger partial charge in [-0.05, 0) is 61.3 Å². The number of carboxylic acid groups (broad SMARTS) is 1. The molecule has 0 aliphatic rings. The van der Waals surface area contributed by atoms with Gasteiger partial charge in [0.05, 0.1) is 16.5 Å². The largest absolute Gasteiger partial charge is 0.481 e. The molecule has 0 spiro atoms. The second-order valence-electron chi connectivity index (χ2n) is 7.04. The van der Waals surface area contributed by atoms with Gasteiger partial charge in [-0.2, -0.15) is 0 Å². The quantitative estimate of drug-likeness (QED) is 0.348. The number of carbonyl (C=O) groups excluding carboxylic acids is 2. The van der Waals surface area contributed by atoms with Gasteiger partial charge in [0.1, 0.15) is 5.69 Å². The zero-order valence-corrected chi connectivity index (χ0v) is 19.4. The maximum atomic E-state index is 12.8. The van der Waals surface area contributed by atoms with Crippen LogP contribution in [-0.4, -0.2) is 33.6 Å². The van der Waals surface area contributed by atoms with Gasteiger partial charge < -0.3 is 20.3 Å². The van der Waals surface area contributed by atoms with Crippen molar-refractivity contribution in [2.45, 2.75) is 24.3 Å². The average molecular weight is 495 g/mol. The van der Waals surface area contributed by atoms with Gasteiger partial charge in [0, 0.05) is 34.6 Å². The van der Waals surface area contributed by atoms with E-state index in [0.29, 0.717) is 26.8 Å². The van der Waals surface area contributed by atoms with Crippen molar-refractivity contribution >= 4 is 69.6 Å². The number of amides is 3. The first-order valence-electron chi connectivity index (χ1n) is 9.45. The molecular weight excluding hydrogens is 475 g/mol. The molecule has 0 fully saturated rings. The van der Waals surface area contributed by atoms with Crippen LogP contribution < -0.4 is 15.4 Å². The Kier molecular flexibility index (Phi) is 7.55. The van der Waals surface area contributed by atoms with E-state index < -0.39 is 18.0 Å². The number of carbonyl (C=O) groups is 3. The fourth-order valence-electron chi connectivity index (χ4n) is 3.04. The molecule has 8 nitrogen and oxygen atoms in total.